The molecular weight excluding hydrogens is 224 g/mol. The molecule has 2 bridgehead atoms. The van der Waals surface area contributed by atoms with Crippen LogP contribution in [0.2, 0.25) is 0 Å². The van der Waals surface area contributed by atoms with Crippen LogP contribution in [-0.2, 0) is 0 Å². The Labute approximate surface area is 107 Å². The van der Waals surface area contributed by atoms with Gasteiger partial charge in [0.25, 0.3) is 0 Å². The van der Waals surface area contributed by atoms with E-state index in [0.717, 1.165) is 24.0 Å². The molecule has 0 aromatic heterocycles. The third-order valence-electron chi connectivity index (χ3n) is 5.23. The standard InChI is InChI=1S/C16H18O2/c17-15-11-3-1-2-4-12(11)16(18)14-10-7-5-9(6-8-10)13(14)15/h1-5,7,9-10,13-18H,6,8H2/t9-,10+,13-,14+,15+,16-. The SMILES string of the molecule is O[C@@H]1c2ccccc2[C@H](O)[C@H]2[C@@H]1[C@H]1C=C[C@@H]2CC1. The van der Waals surface area contributed by atoms with Crippen molar-refractivity contribution in [2.45, 2.75) is 25.0 Å². The Balaban J connectivity index is 1.87. The van der Waals surface area contributed by atoms with E-state index < -0.39 is 12.2 Å². The zero-order valence-electron chi connectivity index (χ0n) is 10.2. The highest BCUT2D eigenvalue weighted by Gasteiger charge is 2.51. The molecule has 0 unspecified atom stereocenters. The van der Waals surface area contributed by atoms with E-state index in [-0.39, 0.29) is 11.8 Å². The lowest BCUT2D eigenvalue weighted by Crippen LogP contribution is -2.46. The fraction of sp³-hybridized carbons (Fsp3) is 0.500. The van der Waals surface area contributed by atoms with Crippen molar-refractivity contribution < 1.29 is 10.2 Å². The van der Waals surface area contributed by atoms with Crippen LogP contribution >= 0.6 is 0 Å². The first-order chi connectivity index (χ1) is 8.77. The Kier molecular flexibility index (Phi) is 2.21. The van der Waals surface area contributed by atoms with Gasteiger partial charge in [-0.15, -0.1) is 0 Å². The molecule has 2 N–H and O–H groups in total. The van der Waals surface area contributed by atoms with E-state index in [2.05, 4.69) is 12.2 Å². The second kappa shape index (κ2) is 3.69. The maximum absolute atomic E-state index is 10.7. The normalized spacial score (nSPS) is 44.6. The van der Waals surface area contributed by atoms with Gasteiger partial charge in [0.2, 0.25) is 0 Å². The molecular formula is C16H18O2. The number of rotatable bonds is 0. The first kappa shape index (κ1) is 10.8. The van der Waals surface area contributed by atoms with Gasteiger partial charge in [-0.1, -0.05) is 36.4 Å². The minimum Gasteiger partial charge on any atom is -0.388 e. The molecule has 0 aliphatic heterocycles. The van der Waals surface area contributed by atoms with Crippen molar-refractivity contribution >= 4 is 0 Å². The first-order valence-corrected chi connectivity index (χ1v) is 6.90. The average molecular weight is 242 g/mol. The third-order valence-corrected chi connectivity index (χ3v) is 5.23. The van der Waals surface area contributed by atoms with Gasteiger partial charge < -0.3 is 10.2 Å². The lowest BCUT2D eigenvalue weighted by atomic mass is 9.55. The summed E-state index contributed by atoms with van der Waals surface area (Å²) in [7, 11) is 0. The second-order valence-electron chi connectivity index (χ2n) is 5.96. The van der Waals surface area contributed by atoms with Crippen LogP contribution < -0.4 is 0 Å². The van der Waals surface area contributed by atoms with E-state index in [1.807, 2.05) is 24.3 Å². The minimum absolute atomic E-state index is 0.207. The van der Waals surface area contributed by atoms with Crippen LogP contribution in [0.15, 0.2) is 36.4 Å². The van der Waals surface area contributed by atoms with Gasteiger partial charge in [0, 0.05) is 11.8 Å². The van der Waals surface area contributed by atoms with Gasteiger partial charge in [-0.2, -0.15) is 0 Å². The molecule has 0 spiro atoms. The molecule has 94 valence electrons. The van der Waals surface area contributed by atoms with Crippen molar-refractivity contribution in [3.8, 4) is 0 Å². The quantitative estimate of drug-likeness (QED) is 0.686. The monoisotopic (exact) mass is 242 g/mol. The van der Waals surface area contributed by atoms with Gasteiger partial charge in [-0.25, -0.2) is 0 Å². The molecule has 6 atom stereocenters. The van der Waals surface area contributed by atoms with E-state index >= 15 is 0 Å². The van der Waals surface area contributed by atoms with Gasteiger partial charge >= 0.3 is 0 Å². The van der Waals surface area contributed by atoms with E-state index in [4.69, 9.17) is 0 Å². The fourth-order valence-electron chi connectivity index (χ4n) is 4.43. The molecule has 4 aliphatic carbocycles. The lowest BCUT2D eigenvalue weighted by Gasteiger charge is -2.52. The maximum Gasteiger partial charge on any atom is 0.0831 e. The molecule has 0 saturated heterocycles. The minimum atomic E-state index is -0.410. The van der Waals surface area contributed by atoms with Crippen LogP contribution in [-0.4, -0.2) is 10.2 Å². The molecule has 5 rings (SSSR count). The summed E-state index contributed by atoms with van der Waals surface area (Å²) in [6.45, 7) is 0. The van der Waals surface area contributed by atoms with Crippen LogP contribution in [0.1, 0.15) is 36.2 Å². The van der Waals surface area contributed by atoms with Crippen molar-refractivity contribution in [3.05, 3.63) is 47.5 Å². The molecule has 4 aliphatic rings. The second-order valence-corrected chi connectivity index (χ2v) is 5.96. The number of benzene rings is 1. The number of hydrogen-bond acceptors (Lipinski definition) is 2. The molecule has 1 aromatic carbocycles. The molecule has 0 radical (unpaired) electrons. The summed E-state index contributed by atoms with van der Waals surface area (Å²) in [6.07, 6.45) is 6.03. The van der Waals surface area contributed by atoms with E-state index in [9.17, 15) is 10.2 Å². The number of hydrogen-bond donors (Lipinski definition) is 2. The van der Waals surface area contributed by atoms with Crippen LogP contribution in [0, 0.1) is 23.7 Å². The predicted molar refractivity (Wildman–Crippen MR) is 68.7 cm³/mol. The topological polar surface area (TPSA) is 40.5 Å². The highest BCUT2D eigenvalue weighted by Crippen LogP contribution is 2.57. The van der Waals surface area contributed by atoms with Crippen LogP contribution in [0.3, 0.4) is 0 Å². The summed E-state index contributed by atoms with van der Waals surface area (Å²) in [5.74, 6) is 1.30. The molecule has 1 saturated carbocycles. The molecule has 2 nitrogen and oxygen atoms in total. The number of fused-ring (bicyclic) bond motifs is 2. The van der Waals surface area contributed by atoms with Crippen LogP contribution in [0.25, 0.3) is 0 Å². The molecule has 1 fully saturated rings. The van der Waals surface area contributed by atoms with Crippen molar-refractivity contribution in [1.29, 1.82) is 0 Å². The zero-order chi connectivity index (χ0) is 12.3. The fourth-order valence-corrected chi connectivity index (χ4v) is 4.43. The summed E-state index contributed by atoms with van der Waals surface area (Å²) in [4.78, 5) is 0. The zero-order valence-corrected chi connectivity index (χ0v) is 10.2. The highest BCUT2D eigenvalue weighted by atomic mass is 16.3. The molecule has 1 aromatic rings. The first-order valence-electron chi connectivity index (χ1n) is 6.90. The van der Waals surface area contributed by atoms with Crippen molar-refractivity contribution in [3.63, 3.8) is 0 Å². The molecule has 0 heterocycles. The number of aliphatic hydroxyl groups is 2. The highest BCUT2D eigenvalue weighted by molar-refractivity contribution is 5.37. The van der Waals surface area contributed by atoms with E-state index in [1.54, 1.807) is 0 Å². The van der Waals surface area contributed by atoms with Gasteiger partial charge in [0.1, 0.15) is 0 Å². The summed E-state index contributed by atoms with van der Waals surface area (Å²) in [5.41, 5.74) is 1.87. The number of allylic oxidation sites excluding steroid dienone is 2. The third kappa shape index (κ3) is 1.25. The van der Waals surface area contributed by atoms with E-state index in [1.165, 1.54) is 0 Å². The van der Waals surface area contributed by atoms with Crippen LogP contribution in [0.5, 0.6) is 0 Å². The maximum atomic E-state index is 10.7. The van der Waals surface area contributed by atoms with Gasteiger partial charge in [0.05, 0.1) is 12.2 Å². The Morgan fingerprint density at radius 1 is 0.778 bits per heavy atom. The predicted octanol–water partition coefficient (Wildman–Crippen LogP) is 2.60. The van der Waals surface area contributed by atoms with Crippen molar-refractivity contribution in [2.24, 2.45) is 23.7 Å². The van der Waals surface area contributed by atoms with Gasteiger partial charge in [0.15, 0.2) is 0 Å². The summed E-state index contributed by atoms with van der Waals surface area (Å²) < 4.78 is 0. The van der Waals surface area contributed by atoms with Gasteiger partial charge in [-0.3, -0.25) is 0 Å². The number of aliphatic hydroxyl groups excluding tert-OH is 2. The van der Waals surface area contributed by atoms with Gasteiger partial charge in [-0.05, 0) is 35.8 Å². The van der Waals surface area contributed by atoms with Crippen molar-refractivity contribution in [1.82, 2.24) is 0 Å². The van der Waals surface area contributed by atoms with E-state index in [0.29, 0.717) is 11.8 Å². The Morgan fingerprint density at radius 2 is 1.22 bits per heavy atom. The van der Waals surface area contributed by atoms with Crippen LogP contribution in [0.4, 0.5) is 0 Å². The summed E-state index contributed by atoms with van der Waals surface area (Å²) in [6, 6.07) is 7.83. The Morgan fingerprint density at radius 3 is 1.61 bits per heavy atom. The lowest BCUT2D eigenvalue weighted by molar-refractivity contribution is -0.0778. The summed E-state index contributed by atoms with van der Waals surface area (Å²) in [5, 5.41) is 21.3. The van der Waals surface area contributed by atoms with Crippen molar-refractivity contribution in [2.75, 3.05) is 0 Å². The molecule has 0 amide bonds. The Hall–Kier alpha value is -1.12. The Bertz CT molecular complexity index is 463. The smallest absolute Gasteiger partial charge is 0.0831 e. The summed E-state index contributed by atoms with van der Waals surface area (Å²) >= 11 is 0. The molecule has 2 heteroatoms. The average Bonchev–Trinajstić information content (AvgIpc) is 2.45. The largest absolute Gasteiger partial charge is 0.388 e. The molecule has 18 heavy (non-hydrogen) atoms.